The molecule has 0 aliphatic heterocycles. The number of ether oxygens (including phenoxy) is 1. The highest BCUT2D eigenvalue weighted by Crippen LogP contribution is 2.21. The third kappa shape index (κ3) is 2.17. The molecule has 0 amide bonds. The molecule has 0 aliphatic rings. The average molecular weight is 249 g/mol. The highest BCUT2D eigenvalue weighted by molar-refractivity contribution is 6.01. The van der Waals surface area contributed by atoms with E-state index in [4.69, 9.17) is 10.5 Å². The van der Waals surface area contributed by atoms with Gasteiger partial charge >= 0.3 is 0 Å². The van der Waals surface area contributed by atoms with Gasteiger partial charge in [0.15, 0.2) is 17.3 Å². The van der Waals surface area contributed by atoms with Crippen LogP contribution >= 0.6 is 0 Å². The van der Waals surface area contributed by atoms with Crippen molar-refractivity contribution >= 4 is 11.6 Å². The van der Waals surface area contributed by atoms with Gasteiger partial charge in [-0.3, -0.25) is 9.89 Å². The van der Waals surface area contributed by atoms with Crippen LogP contribution in [-0.2, 0) is 6.42 Å². The highest BCUT2D eigenvalue weighted by Gasteiger charge is 2.16. The van der Waals surface area contributed by atoms with E-state index < -0.39 is 5.82 Å². The number of hydrogen-bond acceptors (Lipinski definition) is 4. The number of halogens is 1. The topological polar surface area (TPSA) is 81.0 Å². The summed E-state index contributed by atoms with van der Waals surface area (Å²) in [6.45, 7) is 0. The number of nitrogens with two attached hydrogens (primary N) is 1. The van der Waals surface area contributed by atoms with Gasteiger partial charge in [0.05, 0.1) is 18.9 Å². The molecule has 0 unspecified atom stereocenters. The minimum Gasteiger partial charge on any atom is -0.494 e. The maximum atomic E-state index is 13.8. The van der Waals surface area contributed by atoms with E-state index in [-0.39, 0.29) is 34.9 Å². The van der Waals surface area contributed by atoms with Crippen molar-refractivity contribution in [3.8, 4) is 5.75 Å². The Labute approximate surface area is 103 Å². The molecule has 0 spiro atoms. The molecule has 6 heteroatoms. The number of nitrogens with one attached hydrogen (secondary N) is 1. The van der Waals surface area contributed by atoms with E-state index in [1.165, 1.54) is 25.4 Å². The Morgan fingerprint density at radius 2 is 2.33 bits per heavy atom. The molecule has 0 radical (unpaired) electrons. The second-order valence-electron chi connectivity index (χ2n) is 3.73. The van der Waals surface area contributed by atoms with Crippen LogP contribution < -0.4 is 10.5 Å². The van der Waals surface area contributed by atoms with E-state index in [0.29, 0.717) is 0 Å². The van der Waals surface area contributed by atoms with Crippen LogP contribution in [0.15, 0.2) is 24.4 Å². The zero-order valence-electron chi connectivity index (χ0n) is 9.74. The molecule has 2 aromatic rings. The van der Waals surface area contributed by atoms with Gasteiger partial charge in [0.2, 0.25) is 0 Å². The number of aromatic nitrogens is 2. The number of Topliss-reactive ketones (excluding diaryl/α,β-unsaturated/α-hetero) is 1. The van der Waals surface area contributed by atoms with Crippen LogP contribution in [0, 0.1) is 5.82 Å². The lowest BCUT2D eigenvalue weighted by Gasteiger charge is -2.06. The third-order valence-electron chi connectivity index (χ3n) is 2.58. The van der Waals surface area contributed by atoms with Gasteiger partial charge in [-0.25, -0.2) is 4.39 Å². The summed E-state index contributed by atoms with van der Waals surface area (Å²) in [5, 5.41) is 6.11. The summed E-state index contributed by atoms with van der Waals surface area (Å²) in [6.07, 6.45) is 1.24. The Morgan fingerprint density at radius 1 is 1.56 bits per heavy atom. The van der Waals surface area contributed by atoms with Gasteiger partial charge < -0.3 is 10.5 Å². The number of anilines is 1. The summed E-state index contributed by atoms with van der Waals surface area (Å²) in [7, 11) is 1.37. The molecule has 5 nitrogen and oxygen atoms in total. The van der Waals surface area contributed by atoms with Crippen LogP contribution in [0.4, 0.5) is 10.2 Å². The van der Waals surface area contributed by atoms with Gasteiger partial charge in [0.1, 0.15) is 5.82 Å². The summed E-state index contributed by atoms with van der Waals surface area (Å²) < 4.78 is 18.7. The first-order valence-corrected chi connectivity index (χ1v) is 5.27. The van der Waals surface area contributed by atoms with Gasteiger partial charge in [0.25, 0.3) is 0 Å². The number of carbonyl (C=O) groups is 1. The zero-order valence-corrected chi connectivity index (χ0v) is 9.74. The number of aromatic amines is 1. The van der Waals surface area contributed by atoms with Crippen LogP contribution in [0.2, 0.25) is 0 Å². The molecule has 1 aromatic heterocycles. The number of nitrogens with zero attached hydrogens (tertiary/aromatic N) is 1. The summed E-state index contributed by atoms with van der Waals surface area (Å²) in [4.78, 5) is 11.9. The molecular formula is C12H12FN3O2. The van der Waals surface area contributed by atoms with Crippen LogP contribution in [0.5, 0.6) is 5.75 Å². The van der Waals surface area contributed by atoms with Crippen LogP contribution in [-0.4, -0.2) is 23.1 Å². The molecule has 0 aliphatic carbocycles. The van der Waals surface area contributed by atoms with Gasteiger partial charge in [-0.1, -0.05) is 12.1 Å². The predicted molar refractivity (Wildman–Crippen MR) is 64.0 cm³/mol. The Hall–Kier alpha value is -2.37. The highest BCUT2D eigenvalue weighted by atomic mass is 19.1. The Kier molecular flexibility index (Phi) is 3.27. The van der Waals surface area contributed by atoms with Gasteiger partial charge in [-0.15, -0.1) is 0 Å². The van der Waals surface area contributed by atoms with Crippen LogP contribution in [0.3, 0.4) is 0 Å². The summed E-state index contributed by atoms with van der Waals surface area (Å²) in [5.41, 5.74) is 6.06. The smallest absolute Gasteiger partial charge is 0.172 e. The summed E-state index contributed by atoms with van der Waals surface area (Å²) in [6, 6.07) is 4.66. The minimum atomic E-state index is -0.532. The zero-order chi connectivity index (χ0) is 13.1. The molecule has 94 valence electrons. The van der Waals surface area contributed by atoms with E-state index >= 15 is 0 Å². The number of hydrogen-bond donors (Lipinski definition) is 2. The maximum absolute atomic E-state index is 13.8. The van der Waals surface area contributed by atoms with E-state index in [1.54, 1.807) is 6.07 Å². The maximum Gasteiger partial charge on any atom is 0.172 e. The minimum absolute atomic E-state index is 0.0905. The van der Waals surface area contributed by atoms with E-state index in [9.17, 15) is 9.18 Å². The molecule has 1 heterocycles. The van der Waals surface area contributed by atoms with Crippen molar-refractivity contribution in [3.05, 3.63) is 41.3 Å². The van der Waals surface area contributed by atoms with E-state index in [2.05, 4.69) is 10.2 Å². The molecule has 0 saturated carbocycles. The largest absolute Gasteiger partial charge is 0.494 e. The monoisotopic (exact) mass is 249 g/mol. The fourth-order valence-electron chi connectivity index (χ4n) is 1.64. The molecule has 2 rings (SSSR count). The Balaban J connectivity index is 2.25. The van der Waals surface area contributed by atoms with Crippen molar-refractivity contribution in [2.24, 2.45) is 0 Å². The fourth-order valence-corrected chi connectivity index (χ4v) is 1.64. The third-order valence-corrected chi connectivity index (χ3v) is 2.58. The summed E-state index contributed by atoms with van der Waals surface area (Å²) in [5.74, 6) is -0.535. The van der Waals surface area contributed by atoms with Gasteiger partial charge in [-0.05, 0) is 11.6 Å². The lowest BCUT2D eigenvalue weighted by atomic mass is 10.0. The van der Waals surface area contributed by atoms with Crippen molar-refractivity contribution in [2.45, 2.75) is 6.42 Å². The number of ketones is 1. The molecule has 0 atom stereocenters. The number of methoxy groups -OCH3 is 1. The second-order valence-corrected chi connectivity index (χ2v) is 3.73. The lowest BCUT2D eigenvalue weighted by Crippen LogP contribution is -2.07. The van der Waals surface area contributed by atoms with Crippen molar-refractivity contribution in [3.63, 3.8) is 0 Å². The quantitative estimate of drug-likeness (QED) is 0.806. The first-order chi connectivity index (χ1) is 8.63. The molecular weight excluding hydrogens is 237 g/mol. The van der Waals surface area contributed by atoms with Crippen molar-refractivity contribution in [1.29, 1.82) is 0 Å². The second kappa shape index (κ2) is 4.87. The SMILES string of the molecule is COc1cccc(CC(=O)c2cn[nH]c2N)c1F. The standard InChI is InChI=1S/C12H12FN3O2/c1-18-10-4-2-3-7(11(10)13)5-9(17)8-6-15-16-12(8)14/h2-4,6H,5H2,1H3,(H3,14,15,16). The number of H-pyrrole nitrogens is 1. The predicted octanol–water partition coefficient (Wildman–Crippen LogP) is 1.56. The number of carbonyl (C=O) groups excluding carboxylic acids is 1. The Morgan fingerprint density at radius 3 is 2.94 bits per heavy atom. The molecule has 0 fully saturated rings. The lowest BCUT2D eigenvalue weighted by molar-refractivity contribution is 0.0992. The fraction of sp³-hybridized carbons (Fsp3) is 0.167. The molecule has 3 N–H and O–H groups in total. The normalized spacial score (nSPS) is 10.3. The molecule has 0 saturated heterocycles. The number of nitrogen functional groups attached to an aromatic ring is 1. The first kappa shape index (κ1) is 12.1. The average Bonchev–Trinajstić information content (AvgIpc) is 2.78. The van der Waals surface area contributed by atoms with Gasteiger partial charge in [0, 0.05) is 6.42 Å². The molecule has 1 aromatic carbocycles. The van der Waals surface area contributed by atoms with Crippen LogP contribution in [0.25, 0.3) is 0 Å². The first-order valence-electron chi connectivity index (χ1n) is 5.27. The van der Waals surface area contributed by atoms with Crippen molar-refractivity contribution < 1.29 is 13.9 Å². The molecule has 0 bridgehead atoms. The van der Waals surface area contributed by atoms with E-state index in [1.807, 2.05) is 0 Å². The number of benzene rings is 1. The molecule has 18 heavy (non-hydrogen) atoms. The van der Waals surface area contributed by atoms with Crippen LogP contribution in [0.1, 0.15) is 15.9 Å². The summed E-state index contributed by atoms with van der Waals surface area (Å²) >= 11 is 0. The van der Waals surface area contributed by atoms with Crippen molar-refractivity contribution in [2.75, 3.05) is 12.8 Å². The van der Waals surface area contributed by atoms with E-state index in [0.717, 1.165) is 0 Å². The number of rotatable bonds is 4. The van der Waals surface area contributed by atoms with Crippen molar-refractivity contribution in [1.82, 2.24) is 10.2 Å². The van der Waals surface area contributed by atoms with Gasteiger partial charge in [-0.2, -0.15) is 5.10 Å². The Bertz CT molecular complexity index is 580.